The molecular weight excluding hydrogens is 168 g/mol. The van der Waals surface area contributed by atoms with E-state index in [1.54, 1.807) is 5.92 Å². The molecule has 0 aliphatic heterocycles. The summed E-state index contributed by atoms with van der Waals surface area (Å²) < 4.78 is 0. The molecule has 0 rings (SSSR count). The maximum atomic E-state index is 2.31. The van der Waals surface area contributed by atoms with Gasteiger partial charge in [0.25, 0.3) is 0 Å². The van der Waals surface area contributed by atoms with Crippen LogP contribution in [0.15, 0.2) is 0 Å². The second-order valence-electron chi connectivity index (χ2n) is 4.37. The first-order valence-electron chi connectivity index (χ1n) is 6.68. The predicted molar refractivity (Wildman–Crippen MR) is 66.4 cm³/mol. The Bertz CT molecular complexity index is 96.2. The van der Waals surface area contributed by atoms with Crippen LogP contribution < -0.4 is 0 Å². The quantitative estimate of drug-likeness (QED) is 0.404. The molecule has 0 aromatic carbocycles. The van der Waals surface area contributed by atoms with Gasteiger partial charge in [0.2, 0.25) is 0 Å². The Balaban J connectivity index is 3.15. The fourth-order valence-corrected chi connectivity index (χ4v) is 1.99. The molecule has 0 fully saturated rings. The lowest BCUT2D eigenvalue weighted by Crippen LogP contribution is -1.95. The first kappa shape index (κ1) is 14.0. The fraction of sp³-hybridized carbons (Fsp3) is 0.929. The van der Waals surface area contributed by atoms with Gasteiger partial charge >= 0.3 is 0 Å². The molecule has 0 heteroatoms. The summed E-state index contributed by atoms with van der Waals surface area (Å²) in [6.07, 6.45) is 14.0. The van der Waals surface area contributed by atoms with Crippen molar-refractivity contribution in [1.29, 1.82) is 0 Å². The van der Waals surface area contributed by atoms with Gasteiger partial charge in [-0.25, -0.2) is 0 Å². The van der Waals surface area contributed by atoms with E-state index in [9.17, 15) is 0 Å². The van der Waals surface area contributed by atoms with Gasteiger partial charge in [0.1, 0.15) is 0 Å². The van der Waals surface area contributed by atoms with Crippen LogP contribution in [0.4, 0.5) is 0 Å². The minimum atomic E-state index is 1.31. The van der Waals surface area contributed by atoms with Gasteiger partial charge in [-0.05, 0) is 25.2 Å². The topological polar surface area (TPSA) is 0 Å². The van der Waals surface area contributed by atoms with Crippen molar-refractivity contribution in [3.8, 4) is 0 Å². The number of hydrogen-bond acceptors (Lipinski definition) is 0. The van der Waals surface area contributed by atoms with Crippen LogP contribution in [0.5, 0.6) is 0 Å². The lowest BCUT2D eigenvalue weighted by Gasteiger charge is -2.12. The van der Waals surface area contributed by atoms with Crippen LogP contribution >= 0.6 is 0 Å². The summed E-state index contributed by atoms with van der Waals surface area (Å²) in [5, 5.41) is 0. The first-order chi connectivity index (χ1) is 6.85. The van der Waals surface area contributed by atoms with E-state index in [1.165, 1.54) is 64.2 Å². The van der Waals surface area contributed by atoms with Gasteiger partial charge in [0, 0.05) is 0 Å². The van der Waals surface area contributed by atoms with Crippen molar-refractivity contribution in [2.24, 2.45) is 0 Å². The first-order valence-corrected chi connectivity index (χ1v) is 6.68. The largest absolute Gasteiger partial charge is 0.0654 e. The van der Waals surface area contributed by atoms with Crippen molar-refractivity contribution >= 4 is 0 Å². The van der Waals surface area contributed by atoms with E-state index in [-0.39, 0.29) is 0 Å². The second kappa shape index (κ2) is 11.1. The maximum Gasteiger partial charge on any atom is -0.0244 e. The van der Waals surface area contributed by atoms with Gasteiger partial charge < -0.3 is 0 Å². The van der Waals surface area contributed by atoms with E-state index in [0.717, 1.165) is 0 Å². The summed E-state index contributed by atoms with van der Waals surface area (Å²) in [7, 11) is 0. The molecule has 0 nitrogen and oxygen atoms in total. The molecule has 0 spiro atoms. The van der Waals surface area contributed by atoms with Crippen LogP contribution in [0.3, 0.4) is 0 Å². The van der Waals surface area contributed by atoms with E-state index < -0.39 is 0 Å². The Morgan fingerprint density at radius 2 is 1.29 bits per heavy atom. The minimum absolute atomic E-state index is 1.31. The average Bonchev–Trinajstić information content (AvgIpc) is 2.21. The predicted octanol–water partition coefficient (Wildman–Crippen LogP) is 5.52. The van der Waals surface area contributed by atoms with Crippen LogP contribution in [0, 0.1) is 5.92 Å². The summed E-state index contributed by atoms with van der Waals surface area (Å²) in [6.45, 7) is 6.88. The Kier molecular flexibility index (Phi) is 11.1. The van der Waals surface area contributed by atoms with Gasteiger partial charge in [0.05, 0.1) is 0 Å². The van der Waals surface area contributed by atoms with Crippen molar-refractivity contribution < 1.29 is 0 Å². The van der Waals surface area contributed by atoms with E-state index in [4.69, 9.17) is 0 Å². The molecule has 0 atom stereocenters. The highest BCUT2D eigenvalue weighted by Gasteiger charge is 2.04. The molecule has 0 aliphatic carbocycles. The minimum Gasteiger partial charge on any atom is -0.0654 e. The summed E-state index contributed by atoms with van der Waals surface area (Å²) in [5.41, 5.74) is 0. The van der Waals surface area contributed by atoms with Crippen molar-refractivity contribution in [2.75, 3.05) is 0 Å². The van der Waals surface area contributed by atoms with E-state index in [0.29, 0.717) is 0 Å². The molecule has 0 aromatic heterocycles. The van der Waals surface area contributed by atoms with Crippen molar-refractivity contribution in [3.05, 3.63) is 5.92 Å². The summed E-state index contributed by atoms with van der Waals surface area (Å²) in [5.74, 6) is 1.79. The second-order valence-corrected chi connectivity index (χ2v) is 4.37. The van der Waals surface area contributed by atoms with Crippen LogP contribution in [-0.2, 0) is 0 Å². The molecule has 85 valence electrons. The molecule has 0 amide bonds. The number of rotatable bonds is 10. The molecule has 0 saturated heterocycles. The van der Waals surface area contributed by atoms with Crippen molar-refractivity contribution in [1.82, 2.24) is 0 Å². The molecule has 0 N–H and O–H groups in total. The van der Waals surface area contributed by atoms with Gasteiger partial charge in [-0.1, -0.05) is 65.7 Å². The van der Waals surface area contributed by atoms with Gasteiger partial charge in [-0.2, -0.15) is 0 Å². The summed E-state index contributed by atoms with van der Waals surface area (Å²) in [6, 6.07) is 0. The smallest absolute Gasteiger partial charge is 0.0244 e. The molecule has 1 radical (unpaired) electrons. The van der Waals surface area contributed by atoms with Gasteiger partial charge in [-0.15, -0.1) is 0 Å². The number of unbranched alkanes of at least 4 members (excludes halogenated alkanes) is 5. The normalized spacial score (nSPS) is 11.1. The molecule has 0 bridgehead atoms. The summed E-state index contributed by atoms with van der Waals surface area (Å²) in [4.78, 5) is 0. The lowest BCUT2D eigenvalue weighted by molar-refractivity contribution is 0.566. The zero-order chi connectivity index (χ0) is 10.6. The van der Waals surface area contributed by atoms with E-state index in [1.807, 2.05) is 0 Å². The molecule has 0 saturated carbocycles. The Labute approximate surface area is 91.5 Å². The van der Waals surface area contributed by atoms with E-state index >= 15 is 0 Å². The molecule has 0 aliphatic rings. The lowest BCUT2D eigenvalue weighted by atomic mass is 9.94. The molecule has 0 aromatic rings. The van der Waals surface area contributed by atoms with Crippen molar-refractivity contribution in [2.45, 2.75) is 85.0 Å². The monoisotopic (exact) mass is 197 g/mol. The van der Waals surface area contributed by atoms with Gasteiger partial charge in [0.15, 0.2) is 0 Å². The third kappa shape index (κ3) is 8.59. The summed E-state index contributed by atoms with van der Waals surface area (Å²) >= 11 is 0. The van der Waals surface area contributed by atoms with Crippen LogP contribution in [0.1, 0.15) is 85.0 Å². The molecular formula is C14H29. The Morgan fingerprint density at radius 1 is 0.643 bits per heavy atom. The third-order valence-electron chi connectivity index (χ3n) is 2.99. The average molecular weight is 197 g/mol. The zero-order valence-corrected chi connectivity index (χ0v) is 10.6. The van der Waals surface area contributed by atoms with Crippen molar-refractivity contribution in [3.63, 3.8) is 0 Å². The highest BCUT2D eigenvalue weighted by Crippen LogP contribution is 2.21. The third-order valence-corrected chi connectivity index (χ3v) is 2.99. The molecule has 0 heterocycles. The zero-order valence-electron chi connectivity index (χ0n) is 10.6. The maximum absolute atomic E-state index is 2.31. The van der Waals surface area contributed by atoms with Gasteiger partial charge in [-0.3, -0.25) is 0 Å². The van der Waals surface area contributed by atoms with Crippen LogP contribution in [-0.4, -0.2) is 0 Å². The Morgan fingerprint density at radius 3 is 1.86 bits per heavy atom. The highest BCUT2D eigenvalue weighted by molar-refractivity contribution is 4.86. The highest BCUT2D eigenvalue weighted by atomic mass is 14.1. The van der Waals surface area contributed by atoms with E-state index in [2.05, 4.69) is 20.8 Å². The fourth-order valence-electron chi connectivity index (χ4n) is 1.99. The Hall–Kier alpha value is 0. The SMILES string of the molecule is CCCCCCCC[C](CC)CCC. The van der Waals surface area contributed by atoms with Crippen LogP contribution in [0.25, 0.3) is 0 Å². The molecule has 0 unspecified atom stereocenters. The number of hydrogen-bond donors (Lipinski definition) is 0. The van der Waals surface area contributed by atoms with Crippen LogP contribution in [0.2, 0.25) is 0 Å². The standard InChI is InChI=1S/C14H29/c1-4-7-8-9-10-11-13-14(6-3)12-5-2/h4-13H2,1-3H3. The molecule has 14 heavy (non-hydrogen) atoms.